The van der Waals surface area contributed by atoms with Gasteiger partial charge in [0.2, 0.25) is 0 Å². The molecule has 3 nitrogen and oxygen atoms in total. The van der Waals surface area contributed by atoms with Crippen LogP contribution in [0.1, 0.15) is 10.4 Å². The van der Waals surface area contributed by atoms with Crippen LogP contribution in [-0.4, -0.2) is 11.5 Å². The van der Waals surface area contributed by atoms with E-state index >= 15 is 0 Å². The van der Waals surface area contributed by atoms with Crippen molar-refractivity contribution in [3.05, 3.63) is 35.9 Å². The minimum absolute atomic E-state index is 0.266. The first-order chi connectivity index (χ1) is 5.70. The van der Waals surface area contributed by atoms with Crippen molar-refractivity contribution in [2.24, 2.45) is 5.73 Å². The summed E-state index contributed by atoms with van der Waals surface area (Å²) in [4.78, 5) is 11.2. The number of nitrogens with one attached hydrogen (secondary N) is 1. The third-order valence-corrected chi connectivity index (χ3v) is 1.41. The van der Waals surface area contributed by atoms with Gasteiger partial charge in [-0.2, -0.15) is 0 Å². The van der Waals surface area contributed by atoms with Crippen LogP contribution in [-0.2, 0) is 0 Å². The van der Waals surface area contributed by atoms with Gasteiger partial charge in [0, 0.05) is 5.56 Å². The number of benzene rings is 1. The van der Waals surface area contributed by atoms with Crippen molar-refractivity contribution in [3.8, 4) is 0 Å². The van der Waals surface area contributed by atoms with E-state index < -0.39 is 5.62 Å². The number of carbonyl (C=O) groups excluding carboxylic acids is 1. The molecule has 1 unspecified atom stereocenters. The molecule has 12 heavy (non-hydrogen) atoms. The number of alkyl halides is 1. The van der Waals surface area contributed by atoms with E-state index in [0.29, 0.717) is 5.56 Å². The lowest BCUT2D eigenvalue weighted by atomic mass is 10.2. The number of rotatable bonds is 2. The Bertz CT molecular complexity index is 261. The van der Waals surface area contributed by atoms with Gasteiger partial charge >= 0.3 is 0 Å². The second-order valence-electron chi connectivity index (χ2n) is 2.24. The monoisotopic (exact) mass is 184 g/mol. The zero-order valence-corrected chi connectivity index (χ0v) is 7.08. The fraction of sp³-hybridized carbons (Fsp3) is 0.125. The Morgan fingerprint density at radius 1 is 1.42 bits per heavy atom. The third-order valence-electron chi connectivity index (χ3n) is 1.30. The Kier molecular flexibility index (Phi) is 3.08. The molecular weight excluding hydrogens is 176 g/mol. The average molecular weight is 185 g/mol. The van der Waals surface area contributed by atoms with Gasteiger partial charge in [-0.3, -0.25) is 10.5 Å². The predicted octanol–water partition coefficient (Wildman–Crippen LogP) is 0.897. The standard InChI is InChI=1S/C8H9ClN2O/c9-8(10)11-7(12)6-4-2-1-3-5-6/h1-5,8H,10H2,(H,11,12). The fourth-order valence-corrected chi connectivity index (χ4v) is 0.897. The van der Waals surface area contributed by atoms with Crippen LogP contribution >= 0.6 is 11.6 Å². The highest BCUT2D eigenvalue weighted by molar-refractivity contribution is 6.21. The molecular formula is C8H9ClN2O. The van der Waals surface area contributed by atoms with Crippen LogP contribution in [0.4, 0.5) is 0 Å². The lowest BCUT2D eigenvalue weighted by molar-refractivity contribution is 0.0949. The normalized spacial score (nSPS) is 12.2. The summed E-state index contributed by atoms with van der Waals surface area (Å²) in [6.45, 7) is 0. The van der Waals surface area contributed by atoms with Crippen LogP contribution in [0.3, 0.4) is 0 Å². The van der Waals surface area contributed by atoms with E-state index in [1.165, 1.54) is 0 Å². The van der Waals surface area contributed by atoms with Crippen LogP contribution in [0.15, 0.2) is 30.3 Å². The Hall–Kier alpha value is -1.06. The Balaban J connectivity index is 2.66. The summed E-state index contributed by atoms with van der Waals surface area (Å²) in [5, 5.41) is 2.36. The molecule has 3 N–H and O–H groups in total. The van der Waals surface area contributed by atoms with E-state index in [9.17, 15) is 4.79 Å². The maximum Gasteiger partial charge on any atom is 0.253 e. The molecule has 0 aliphatic rings. The highest BCUT2D eigenvalue weighted by atomic mass is 35.5. The van der Waals surface area contributed by atoms with Gasteiger partial charge in [-0.25, -0.2) is 0 Å². The smallest absolute Gasteiger partial charge is 0.253 e. The van der Waals surface area contributed by atoms with E-state index in [-0.39, 0.29) is 5.91 Å². The summed E-state index contributed by atoms with van der Waals surface area (Å²) in [5.41, 5.74) is 4.88. The first-order valence-corrected chi connectivity index (χ1v) is 3.89. The predicted molar refractivity (Wildman–Crippen MR) is 47.7 cm³/mol. The molecule has 0 aliphatic carbocycles. The SMILES string of the molecule is NC(Cl)NC(=O)c1ccccc1. The number of nitrogens with two attached hydrogens (primary N) is 1. The van der Waals surface area contributed by atoms with Crippen molar-refractivity contribution in [1.29, 1.82) is 0 Å². The Labute approximate surface area is 75.5 Å². The molecule has 1 amide bonds. The number of carbonyl (C=O) groups is 1. The fourth-order valence-electron chi connectivity index (χ4n) is 0.798. The second-order valence-corrected chi connectivity index (χ2v) is 2.71. The molecule has 1 rings (SSSR count). The summed E-state index contributed by atoms with van der Waals surface area (Å²) in [6, 6.07) is 8.75. The van der Waals surface area contributed by atoms with Gasteiger partial charge in [0.15, 0.2) is 5.62 Å². The zero-order chi connectivity index (χ0) is 8.97. The highest BCUT2D eigenvalue weighted by Gasteiger charge is 2.05. The van der Waals surface area contributed by atoms with E-state index in [1.54, 1.807) is 24.3 Å². The molecule has 0 radical (unpaired) electrons. The summed E-state index contributed by atoms with van der Waals surface area (Å²) in [5.74, 6) is -0.266. The molecule has 0 saturated carbocycles. The van der Waals surface area contributed by atoms with Gasteiger partial charge in [0.25, 0.3) is 5.91 Å². The van der Waals surface area contributed by atoms with Crippen molar-refractivity contribution in [2.45, 2.75) is 5.62 Å². The summed E-state index contributed by atoms with van der Waals surface area (Å²) >= 11 is 5.37. The van der Waals surface area contributed by atoms with Crippen LogP contribution in [0, 0.1) is 0 Å². The zero-order valence-electron chi connectivity index (χ0n) is 6.33. The lowest BCUT2D eigenvalue weighted by Gasteiger charge is -2.05. The number of hydrogen-bond donors (Lipinski definition) is 2. The first kappa shape index (κ1) is 9.03. The minimum atomic E-state index is -0.835. The van der Waals surface area contributed by atoms with Gasteiger partial charge in [-0.1, -0.05) is 29.8 Å². The molecule has 1 atom stereocenters. The molecule has 64 valence electrons. The molecule has 0 aliphatic heterocycles. The van der Waals surface area contributed by atoms with Crippen LogP contribution < -0.4 is 11.1 Å². The molecule has 0 heterocycles. The molecule has 0 spiro atoms. The molecule has 1 aromatic carbocycles. The van der Waals surface area contributed by atoms with Gasteiger partial charge in [-0.05, 0) is 12.1 Å². The van der Waals surface area contributed by atoms with E-state index in [1.807, 2.05) is 6.07 Å². The molecule has 0 aromatic heterocycles. The van der Waals surface area contributed by atoms with Crippen molar-refractivity contribution in [1.82, 2.24) is 5.32 Å². The Morgan fingerprint density at radius 2 is 2.00 bits per heavy atom. The lowest BCUT2D eigenvalue weighted by Crippen LogP contribution is -2.36. The summed E-state index contributed by atoms with van der Waals surface area (Å²) < 4.78 is 0. The number of amides is 1. The van der Waals surface area contributed by atoms with Gasteiger partial charge < -0.3 is 5.32 Å². The van der Waals surface area contributed by atoms with E-state index in [4.69, 9.17) is 17.3 Å². The number of hydrogen-bond acceptors (Lipinski definition) is 2. The van der Waals surface area contributed by atoms with E-state index in [2.05, 4.69) is 5.32 Å². The van der Waals surface area contributed by atoms with Crippen molar-refractivity contribution in [2.75, 3.05) is 0 Å². The molecule has 0 saturated heterocycles. The second kappa shape index (κ2) is 4.09. The quantitative estimate of drug-likeness (QED) is 0.408. The number of halogens is 1. The first-order valence-electron chi connectivity index (χ1n) is 3.46. The van der Waals surface area contributed by atoms with Crippen LogP contribution in [0.2, 0.25) is 0 Å². The molecule has 4 heteroatoms. The molecule has 0 fully saturated rings. The van der Waals surface area contributed by atoms with Crippen molar-refractivity contribution >= 4 is 17.5 Å². The Morgan fingerprint density at radius 3 is 2.50 bits per heavy atom. The topological polar surface area (TPSA) is 55.1 Å². The summed E-state index contributed by atoms with van der Waals surface area (Å²) in [7, 11) is 0. The van der Waals surface area contributed by atoms with E-state index in [0.717, 1.165) is 0 Å². The average Bonchev–Trinajstić information content (AvgIpc) is 2.05. The highest BCUT2D eigenvalue weighted by Crippen LogP contribution is 1.98. The molecule has 0 bridgehead atoms. The van der Waals surface area contributed by atoms with Gasteiger partial charge in [-0.15, -0.1) is 0 Å². The van der Waals surface area contributed by atoms with Gasteiger partial charge in [0.1, 0.15) is 0 Å². The maximum atomic E-state index is 11.2. The van der Waals surface area contributed by atoms with Gasteiger partial charge in [0.05, 0.1) is 0 Å². The van der Waals surface area contributed by atoms with Crippen LogP contribution in [0.25, 0.3) is 0 Å². The van der Waals surface area contributed by atoms with Crippen LogP contribution in [0.5, 0.6) is 0 Å². The summed E-state index contributed by atoms with van der Waals surface area (Å²) in [6.07, 6.45) is 0. The maximum absolute atomic E-state index is 11.2. The van der Waals surface area contributed by atoms with Crippen molar-refractivity contribution in [3.63, 3.8) is 0 Å². The molecule has 1 aromatic rings. The minimum Gasteiger partial charge on any atom is -0.324 e. The van der Waals surface area contributed by atoms with Crippen molar-refractivity contribution < 1.29 is 4.79 Å². The third kappa shape index (κ3) is 2.53. The largest absolute Gasteiger partial charge is 0.324 e.